The highest BCUT2D eigenvalue weighted by atomic mass is 16.3. The number of hydrogen-bond donors (Lipinski definition) is 1. The van der Waals surface area contributed by atoms with Gasteiger partial charge in [-0.2, -0.15) is 15.0 Å². The summed E-state index contributed by atoms with van der Waals surface area (Å²) < 4.78 is 0. The molecule has 1 heterocycles. The van der Waals surface area contributed by atoms with Crippen molar-refractivity contribution in [3.63, 3.8) is 0 Å². The molecule has 0 unspecified atom stereocenters. The fraction of sp³-hybridized carbons (Fsp3) is 0.750. The summed E-state index contributed by atoms with van der Waals surface area (Å²) in [5.74, 6) is 0. The molecule has 0 amide bonds. The van der Waals surface area contributed by atoms with E-state index in [-0.39, 0.29) is 12.0 Å². The van der Waals surface area contributed by atoms with Crippen molar-refractivity contribution < 1.29 is 5.11 Å². The van der Waals surface area contributed by atoms with Gasteiger partial charge in [0.25, 0.3) is 0 Å². The maximum Gasteiger partial charge on any atom is 0.0833 e. The molecule has 4 nitrogen and oxygen atoms in total. The van der Waals surface area contributed by atoms with Crippen molar-refractivity contribution in [3.05, 3.63) is 11.9 Å². The second kappa shape index (κ2) is 3.23. The number of aromatic nitrogens is 3. The predicted molar refractivity (Wildman–Crippen MR) is 45.6 cm³/mol. The first-order valence-corrected chi connectivity index (χ1v) is 3.99. The van der Waals surface area contributed by atoms with Crippen LogP contribution in [0.2, 0.25) is 0 Å². The van der Waals surface area contributed by atoms with E-state index in [1.165, 1.54) is 4.80 Å². The highest BCUT2D eigenvalue weighted by molar-refractivity contribution is 4.95. The van der Waals surface area contributed by atoms with Crippen LogP contribution < -0.4 is 0 Å². The summed E-state index contributed by atoms with van der Waals surface area (Å²) in [6.07, 6.45) is 2.49. The molecule has 0 saturated heterocycles. The highest BCUT2D eigenvalue weighted by Crippen LogP contribution is 2.18. The number of rotatable bonds is 3. The molecule has 1 aromatic heterocycles. The zero-order valence-electron chi connectivity index (χ0n) is 7.78. The van der Waals surface area contributed by atoms with Crippen molar-refractivity contribution >= 4 is 0 Å². The molecule has 0 aliphatic heterocycles. The quantitative estimate of drug-likeness (QED) is 0.711. The zero-order chi connectivity index (χ0) is 9.19. The first kappa shape index (κ1) is 9.19. The molecule has 68 valence electrons. The minimum absolute atomic E-state index is 0.101. The third-order valence-electron chi connectivity index (χ3n) is 1.73. The van der Waals surface area contributed by atoms with Gasteiger partial charge in [-0.05, 0) is 5.41 Å². The van der Waals surface area contributed by atoms with E-state index in [1.807, 2.05) is 13.8 Å². The molecule has 4 heteroatoms. The molecule has 0 atom stereocenters. The molecule has 0 saturated carbocycles. The molecule has 0 spiro atoms. The molecule has 0 bridgehead atoms. The highest BCUT2D eigenvalue weighted by Gasteiger charge is 2.18. The van der Waals surface area contributed by atoms with E-state index in [1.54, 1.807) is 13.2 Å². The van der Waals surface area contributed by atoms with Crippen LogP contribution in [0.4, 0.5) is 0 Å². The van der Waals surface area contributed by atoms with E-state index in [2.05, 4.69) is 10.2 Å². The fourth-order valence-corrected chi connectivity index (χ4v) is 1.01. The SMILES string of the molecule is Cn1ncc(CC(C)(C)CO)n1. The van der Waals surface area contributed by atoms with Crippen molar-refractivity contribution in [2.45, 2.75) is 20.3 Å². The van der Waals surface area contributed by atoms with Crippen LogP contribution in [-0.2, 0) is 13.5 Å². The Morgan fingerprint density at radius 3 is 2.67 bits per heavy atom. The number of aryl methyl sites for hydroxylation is 1. The van der Waals surface area contributed by atoms with Gasteiger partial charge in [0.1, 0.15) is 0 Å². The Morgan fingerprint density at radius 1 is 1.58 bits per heavy atom. The largest absolute Gasteiger partial charge is 0.396 e. The lowest BCUT2D eigenvalue weighted by Crippen LogP contribution is -2.20. The Bertz CT molecular complexity index is 255. The minimum Gasteiger partial charge on any atom is -0.396 e. The third-order valence-corrected chi connectivity index (χ3v) is 1.73. The summed E-state index contributed by atoms with van der Waals surface area (Å²) in [6.45, 7) is 4.17. The van der Waals surface area contributed by atoms with Crippen LogP contribution in [0.15, 0.2) is 6.20 Å². The third kappa shape index (κ3) is 2.30. The van der Waals surface area contributed by atoms with Gasteiger partial charge in [0, 0.05) is 20.1 Å². The number of hydrogen-bond acceptors (Lipinski definition) is 3. The Morgan fingerprint density at radius 2 is 2.25 bits per heavy atom. The minimum atomic E-state index is -0.101. The van der Waals surface area contributed by atoms with Crippen molar-refractivity contribution in [1.29, 1.82) is 0 Å². The van der Waals surface area contributed by atoms with Gasteiger partial charge >= 0.3 is 0 Å². The molecule has 1 rings (SSSR count). The standard InChI is InChI=1S/C8H15N3O/c1-8(2,6-12)4-7-5-9-11(3)10-7/h5,12H,4,6H2,1-3H3. The van der Waals surface area contributed by atoms with Crippen LogP contribution in [0.1, 0.15) is 19.5 Å². The smallest absolute Gasteiger partial charge is 0.0833 e. The van der Waals surface area contributed by atoms with Crippen LogP contribution in [-0.4, -0.2) is 26.7 Å². The average Bonchev–Trinajstić information content (AvgIpc) is 2.35. The van der Waals surface area contributed by atoms with Crippen LogP contribution in [0, 0.1) is 5.41 Å². The van der Waals surface area contributed by atoms with Crippen LogP contribution >= 0.6 is 0 Å². The predicted octanol–water partition coefficient (Wildman–Crippen LogP) is 0.376. The van der Waals surface area contributed by atoms with E-state index < -0.39 is 0 Å². The summed E-state index contributed by atoms with van der Waals surface area (Å²) in [7, 11) is 1.79. The second-order valence-corrected chi connectivity index (χ2v) is 3.82. The summed E-state index contributed by atoms with van der Waals surface area (Å²) in [4.78, 5) is 1.53. The first-order valence-electron chi connectivity index (χ1n) is 3.99. The molecular weight excluding hydrogens is 154 g/mol. The maximum absolute atomic E-state index is 9.01. The molecule has 0 fully saturated rings. The summed E-state index contributed by atoms with van der Waals surface area (Å²) in [5, 5.41) is 17.1. The molecule has 1 aromatic rings. The lowest BCUT2D eigenvalue weighted by molar-refractivity contribution is 0.158. The Kier molecular flexibility index (Phi) is 2.47. The van der Waals surface area contributed by atoms with Gasteiger partial charge in [-0.25, -0.2) is 0 Å². The molecule has 0 aromatic carbocycles. The van der Waals surface area contributed by atoms with Crippen molar-refractivity contribution in [1.82, 2.24) is 15.0 Å². The van der Waals surface area contributed by atoms with E-state index in [4.69, 9.17) is 5.11 Å². The zero-order valence-corrected chi connectivity index (χ0v) is 7.78. The van der Waals surface area contributed by atoms with Gasteiger partial charge in [-0.1, -0.05) is 13.8 Å². The Hall–Kier alpha value is -0.900. The topological polar surface area (TPSA) is 50.9 Å². The van der Waals surface area contributed by atoms with Crippen LogP contribution in [0.25, 0.3) is 0 Å². The van der Waals surface area contributed by atoms with E-state index in [0.29, 0.717) is 0 Å². The lowest BCUT2D eigenvalue weighted by Gasteiger charge is -2.19. The van der Waals surface area contributed by atoms with Crippen LogP contribution in [0.3, 0.4) is 0 Å². The van der Waals surface area contributed by atoms with Crippen molar-refractivity contribution in [2.75, 3.05) is 6.61 Å². The van der Waals surface area contributed by atoms with Gasteiger partial charge in [0.15, 0.2) is 0 Å². The lowest BCUT2D eigenvalue weighted by atomic mass is 9.89. The van der Waals surface area contributed by atoms with Crippen molar-refractivity contribution in [2.24, 2.45) is 12.5 Å². The summed E-state index contributed by atoms with van der Waals surface area (Å²) in [6, 6.07) is 0. The van der Waals surface area contributed by atoms with Gasteiger partial charge in [-0.3, -0.25) is 0 Å². The van der Waals surface area contributed by atoms with Gasteiger partial charge in [0.05, 0.1) is 11.9 Å². The van der Waals surface area contributed by atoms with E-state index in [0.717, 1.165) is 12.1 Å². The van der Waals surface area contributed by atoms with Gasteiger partial charge < -0.3 is 5.11 Å². The monoisotopic (exact) mass is 169 g/mol. The van der Waals surface area contributed by atoms with Crippen molar-refractivity contribution in [3.8, 4) is 0 Å². The average molecular weight is 169 g/mol. The Balaban J connectivity index is 2.63. The second-order valence-electron chi connectivity index (χ2n) is 3.82. The van der Waals surface area contributed by atoms with Gasteiger partial charge in [-0.15, -0.1) is 0 Å². The van der Waals surface area contributed by atoms with Crippen LogP contribution in [0.5, 0.6) is 0 Å². The molecule has 0 aliphatic carbocycles. The fourth-order valence-electron chi connectivity index (χ4n) is 1.01. The molecule has 0 radical (unpaired) electrons. The maximum atomic E-state index is 9.01. The van der Waals surface area contributed by atoms with Gasteiger partial charge in [0.2, 0.25) is 0 Å². The van der Waals surface area contributed by atoms with E-state index >= 15 is 0 Å². The molecule has 0 aliphatic rings. The number of nitrogens with zero attached hydrogens (tertiary/aromatic N) is 3. The molecule has 1 N–H and O–H groups in total. The number of aliphatic hydroxyl groups excluding tert-OH is 1. The number of aliphatic hydroxyl groups is 1. The summed E-state index contributed by atoms with van der Waals surface area (Å²) in [5.41, 5.74) is 0.826. The normalized spacial score (nSPS) is 12.0. The van der Waals surface area contributed by atoms with E-state index in [9.17, 15) is 0 Å². The summed E-state index contributed by atoms with van der Waals surface area (Å²) >= 11 is 0. The molecule has 12 heavy (non-hydrogen) atoms. The molecular formula is C8H15N3O. The Labute approximate surface area is 72.2 Å². The first-order chi connectivity index (χ1) is 5.53.